The molecule has 6 heteroatoms. The van der Waals surface area contributed by atoms with Crippen LogP contribution in [0.4, 0.5) is 5.69 Å². The average Bonchev–Trinajstić information content (AvgIpc) is 2.99. The summed E-state index contributed by atoms with van der Waals surface area (Å²) in [5.74, 6) is 0. The summed E-state index contributed by atoms with van der Waals surface area (Å²) < 4.78 is 1.85. The monoisotopic (exact) mass is 315 g/mol. The molecular formula is C17H25N5O. The zero-order chi connectivity index (χ0) is 16.2. The summed E-state index contributed by atoms with van der Waals surface area (Å²) >= 11 is 0. The second-order valence-electron chi connectivity index (χ2n) is 6.11. The van der Waals surface area contributed by atoms with E-state index in [0.29, 0.717) is 5.69 Å². The minimum Gasteiger partial charge on any atom is -0.390 e. The van der Waals surface area contributed by atoms with Crippen molar-refractivity contribution < 1.29 is 5.11 Å². The molecule has 1 aliphatic rings. The SMILES string of the molecule is CCCc1c(CO)nnn1-c1ccc(N2CCN(C)CC2)cc1. The minimum absolute atomic E-state index is 0.0608. The number of anilines is 1. The fourth-order valence-electron chi connectivity index (χ4n) is 3.02. The highest BCUT2D eigenvalue weighted by atomic mass is 16.3. The number of hydrogen-bond acceptors (Lipinski definition) is 5. The van der Waals surface area contributed by atoms with Gasteiger partial charge in [-0.15, -0.1) is 5.10 Å². The maximum atomic E-state index is 9.41. The third-order valence-electron chi connectivity index (χ3n) is 4.44. The Morgan fingerprint density at radius 2 is 1.70 bits per heavy atom. The maximum Gasteiger partial charge on any atom is 0.112 e. The van der Waals surface area contributed by atoms with Crippen LogP contribution in [0.25, 0.3) is 5.69 Å². The lowest BCUT2D eigenvalue weighted by Crippen LogP contribution is -2.44. The van der Waals surface area contributed by atoms with E-state index in [1.54, 1.807) is 0 Å². The van der Waals surface area contributed by atoms with Gasteiger partial charge in [0, 0.05) is 31.9 Å². The van der Waals surface area contributed by atoms with Crippen LogP contribution in [-0.2, 0) is 13.0 Å². The Morgan fingerprint density at radius 1 is 1.04 bits per heavy atom. The molecule has 0 amide bonds. The molecule has 23 heavy (non-hydrogen) atoms. The summed E-state index contributed by atoms with van der Waals surface area (Å²) in [7, 11) is 2.17. The van der Waals surface area contributed by atoms with Crippen molar-refractivity contribution in [3.63, 3.8) is 0 Å². The Kier molecular flexibility index (Phi) is 4.93. The zero-order valence-electron chi connectivity index (χ0n) is 13.9. The highest BCUT2D eigenvalue weighted by Crippen LogP contribution is 2.20. The Balaban J connectivity index is 1.81. The Bertz CT molecular complexity index is 629. The van der Waals surface area contributed by atoms with Gasteiger partial charge in [-0.25, -0.2) is 4.68 Å². The first-order chi connectivity index (χ1) is 11.2. The van der Waals surface area contributed by atoms with Crippen LogP contribution in [0.15, 0.2) is 24.3 Å². The molecule has 6 nitrogen and oxygen atoms in total. The highest BCUT2D eigenvalue weighted by molar-refractivity contribution is 5.51. The summed E-state index contributed by atoms with van der Waals surface area (Å²) in [4.78, 5) is 4.77. The van der Waals surface area contributed by atoms with E-state index in [2.05, 4.69) is 58.3 Å². The summed E-state index contributed by atoms with van der Waals surface area (Å²) in [5, 5.41) is 17.7. The van der Waals surface area contributed by atoms with E-state index in [1.165, 1.54) is 5.69 Å². The third kappa shape index (κ3) is 3.38. The molecule has 0 radical (unpaired) electrons. The summed E-state index contributed by atoms with van der Waals surface area (Å²) in [5.41, 5.74) is 3.93. The molecule has 1 aromatic heterocycles. The first-order valence-corrected chi connectivity index (χ1v) is 8.31. The molecule has 124 valence electrons. The number of aliphatic hydroxyl groups is 1. The normalized spacial score (nSPS) is 16.0. The molecule has 1 fully saturated rings. The fourth-order valence-corrected chi connectivity index (χ4v) is 3.02. The van der Waals surface area contributed by atoms with Gasteiger partial charge in [-0.3, -0.25) is 0 Å². The van der Waals surface area contributed by atoms with Crippen molar-refractivity contribution in [3.05, 3.63) is 35.7 Å². The number of hydrogen-bond donors (Lipinski definition) is 1. The molecule has 2 aromatic rings. The lowest BCUT2D eigenvalue weighted by molar-refractivity contribution is 0.275. The van der Waals surface area contributed by atoms with E-state index in [9.17, 15) is 5.11 Å². The molecule has 3 rings (SSSR count). The molecule has 1 saturated heterocycles. The van der Waals surface area contributed by atoms with E-state index in [1.807, 2.05) is 4.68 Å². The number of piperazine rings is 1. The minimum atomic E-state index is -0.0608. The van der Waals surface area contributed by atoms with Crippen LogP contribution in [0.5, 0.6) is 0 Å². The molecule has 1 aromatic carbocycles. The number of aliphatic hydroxyl groups excluding tert-OH is 1. The Hall–Kier alpha value is -1.92. The topological polar surface area (TPSA) is 57.4 Å². The molecule has 2 heterocycles. The quantitative estimate of drug-likeness (QED) is 0.905. The molecule has 1 N–H and O–H groups in total. The molecule has 0 bridgehead atoms. The van der Waals surface area contributed by atoms with Gasteiger partial charge < -0.3 is 14.9 Å². The molecule has 0 saturated carbocycles. The van der Waals surface area contributed by atoms with E-state index in [4.69, 9.17) is 0 Å². The van der Waals surface area contributed by atoms with Crippen molar-refractivity contribution in [2.24, 2.45) is 0 Å². The Morgan fingerprint density at radius 3 is 2.30 bits per heavy atom. The summed E-state index contributed by atoms with van der Waals surface area (Å²) in [6.07, 6.45) is 1.86. The van der Waals surface area contributed by atoms with Crippen molar-refractivity contribution in [3.8, 4) is 5.69 Å². The number of aromatic nitrogens is 3. The van der Waals surface area contributed by atoms with Crippen molar-refractivity contribution in [2.45, 2.75) is 26.4 Å². The van der Waals surface area contributed by atoms with Gasteiger partial charge in [-0.05, 0) is 37.7 Å². The second kappa shape index (κ2) is 7.10. The first-order valence-electron chi connectivity index (χ1n) is 8.31. The lowest BCUT2D eigenvalue weighted by atomic mass is 10.2. The van der Waals surface area contributed by atoms with Gasteiger partial charge in [0.05, 0.1) is 18.0 Å². The molecule has 0 aliphatic carbocycles. The van der Waals surface area contributed by atoms with Crippen molar-refractivity contribution >= 4 is 5.69 Å². The average molecular weight is 315 g/mol. The van der Waals surface area contributed by atoms with Crippen molar-refractivity contribution in [1.82, 2.24) is 19.9 Å². The van der Waals surface area contributed by atoms with Crippen molar-refractivity contribution in [1.29, 1.82) is 0 Å². The highest BCUT2D eigenvalue weighted by Gasteiger charge is 2.16. The van der Waals surface area contributed by atoms with Gasteiger partial charge >= 0.3 is 0 Å². The number of rotatable bonds is 5. The van der Waals surface area contributed by atoms with Crippen LogP contribution in [0.2, 0.25) is 0 Å². The van der Waals surface area contributed by atoms with Crippen LogP contribution in [0.1, 0.15) is 24.7 Å². The molecule has 0 atom stereocenters. The van der Waals surface area contributed by atoms with E-state index >= 15 is 0 Å². The van der Waals surface area contributed by atoms with Crippen LogP contribution >= 0.6 is 0 Å². The smallest absolute Gasteiger partial charge is 0.112 e. The van der Waals surface area contributed by atoms with Gasteiger partial charge in [0.1, 0.15) is 5.69 Å². The number of benzene rings is 1. The Labute approximate surface area is 137 Å². The standard InChI is InChI=1S/C17H25N5O/c1-3-4-17-16(13-23)18-19-22(17)15-7-5-14(6-8-15)21-11-9-20(2)10-12-21/h5-8,23H,3-4,9-13H2,1-2H3. The fraction of sp³-hybridized carbons (Fsp3) is 0.529. The molecular weight excluding hydrogens is 290 g/mol. The predicted octanol–water partition coefficient (Wildman–Crippen LogP) is 1.46. The second-order valence-corrected chi connectivity index (χ2v) is 6.11. The lowest BCUT2D eigenvalue weighted by Gasteiger charge is -2.34. The van der Waals surface area contributed by atoms with E-state index < -0.39 is 0 Å². The van der Waals surface area contributed by atoms with Gasteiger partial charge in [0.25, 0.3) is 0 Å². The van der Waals surface area contributed by atoms with Gasteiger partial charge in [-0.2, -0.15) is 0 Å². The van der Waals surface area contributed by atoms with Crippen LogP contribution in [0, 0.1) is 0 Å². The van der Waals surface area contributed by atoms with E-state index in [0.717, 1.165) is 50.4 Å². The molecule has 0 unspecified atom stereocenters. The van der Waals surface area contributed by atoms with Gasteiger partial charge in [0.2, 0.25) is 0 Å². The van der Waals surface area contributed by atoms with Crippen molar-refractivity contribution in [2.75, 3.05) is 38.1 Å². The van der Waals surface area contributed by atoms with Crippen LogP contribution < -0.4 is 4.90 Å². The largest absolute Gasteiger partial charge is 0.390 e. The summed E-state index contributed by atoms with van der Waals surface area (Å²) in [6, 6.07) is 8.47. The number of likely N-dealkylation sites (N-methyl/N-ethyl adjacent to an activating group) is 1. The molecule has 0 spiro atoms. The van der Waals surface area contributed by atoms with Crippen LogP contribution in [-0.4, -0.2) is 58.2 Å². The number of nitrogens with zero attached hydrogens (tertiary/aromatic N) is 5. The van der Waals surface area contributed by atoms with E-state index in [-0.39, 0.29) is 6.61 Å². The zero-order valence-corrected chi connectivity index (χ0v) is 13.9. The third-order valence-corrected chi connectivity index (χ3v) is 4.44. The predicted molar refractivity (Wildman–Crippen MR) is 91.0 cm³/mol. The summed E-state index contributed by atoms with van der Waals surface area (Å²) in [6.45, 7) is 6.39. The van der Waals surface area contributed by atoms with Gasteiger partial charge in [0.15, 0.2) is 0 Å². The maximum absolute atomic E-state index is 9.41. The molecule has 1 aliphatic heterocycles. The first kappa shape index (κ1) is 16.0. The van der Waals surface area contributed by atoms with Gasteiger partial charge in [-0.1, -0.05) is 18.6 Å². The van der Waals surface area contributed by atoms with Crippen LogP contribution in [0.3, 0.4) is 0 Å².